The van der Waals surface area contributed by atoms with Crippen LogP contribution < -0.4 is 14.8 Å². The maximum Gasteiger partial charge on any atom is 0.237 e. The average molecular weight is 520 g/mol. The van der Waals surface area contributed by atoms with E-state index >= 15 is 0 Å². The molecule has 0 saturated heterocycles. The predicted molar refractivity (Wildman–Crippen MR) is 136 cm³/mol. The van der Waals surface area contributed by atoms with Crippen LogP contribution in [0.1, 0.15) is 13.8 Å². The van der Waals surface area contributed by atoms with Gasteiger partial charge in [0.05, 0.1) is 45.2 Å². The SMILES string of the molecule is CCOc1ccc2nc(SCC(=O)NC(=O)CSc3nc4ccc(OCC)cc4s3)sc2c1. The quantitative estimate of drug-likeness (QED) is 0.285. The van der Waals surface area contributed by atoms with Gasteiger partial charge in [0.1, 0.15) is 11.5 Å². The van der Waals surface area contributed by atoms with Gasteiger partial charge >= 0.3 is 0 Å². The van der Waals surface area contributed by atoms with Crippen LogP contribution >= 0.6 is 46.2 Å². The second-order valence-corrected chi connectivity index (χ2v) is 11.1. The molecule has 33 heavy (non-hydrogen) atoms. The van der Waals surface area contributed by atoms with Crippen molar-refractivity contribution in [3.63, 3.8) is 0 Å². The number of benzene rings is 2. The fourth-order valence-corrected chi connectivity index (χ4v) is 6.68. The van der Waals surface area contributed by atoms with E-state index in [1.54, 1.807) is 0 Å². The summed E-state index contributed by atoms with van der Waals surface area (Å²) in [6, 6.07) is 11.5. The van der Waals surface area contributed by atoms with Crippen molar-refractivity contribution in [3.05, 3.63) is 36.4 Å². The molecule has 2 aromatic carbocycles. The molecule has 0 saturated carbocycles. The topological polar surface area (TPSA) is 90.4 Å². The Kier molecular flexibility index (Phi) is 8.07. The average Bonchev–Trinajstić information content (AvgIpc) is 3.39. The van der Waals surface area contributed by atoms with E-state index in [2.05, 4.69) is 15.3 Å². The number of aromatic nitrogens is 2. The van der Waals surface area contributed by atoms with Crippen LogP contribution in [0.15, 0.2) is 45.1 Å². The summed E-state index contributed by atoms with van der Waals surface area (Å²) >= 11 is 5.62. The molecule has 2 amide bonds. The zero-order valence-electron chi connectivity index (χ0n) is 18.0. The number of nitrogens with one attached hydrogen (secondary N) is 1. The normalized spacial score (nSPS) is 11.1. The summed E-state index contributed by atoms with van der Waals surface area (Å²) in [5, 5.41) is 2.43. The lowest BCUT2D eigenvalue weighted by molar-refractivity contribution is -0.127. The van der Waals surface area contributed by atoms with Gasteiger partial charge < -0.3 is 9.47 Å². The van der Waals surface area contributed by atoms with E-state index in [0.29, 0.717) is 13.2 Å². The van der Waals surface area contributed by atoms with E-state index < -0.39 is 0 Å². The number of ether oxygens (including phenoxy) is 2. The molecule has 172 valence electrons. The Labute approximate surface area is 207 Å². The van der Waals surface area contributed by atoms with Gasteiger partial charge in [-0.3, -0.25) is 14.9 Å². The molecule has 4 rings (SSSR count). The van der Waals surface area contributed by atoms with Crippen molar-refractivity contribution in [2.45, 2.75) is 22.5 Å². The van der Waals surface area contributed by atoms with Crippen LogP contribution in [0, 0.1) is 0 Å². The number of carbonyl (C=O) groups excluding carboxylic acids is 2. The van der Waals surface area contributed by atoms with Gasteiger partial charge in [-0.05, 0) is 50.2 Å². The molecule has 0 aliphatic carbocycles. The minimum atomic E-state index is -0.342. The largest absolute Gasteiger partial charge is 0.494 e. The third kappa shape index (κ3) is 6.38. The number of nitrogens with zero attached hydrogens (tertiary/aromatic N) is 2. The summed E-state index contributed by atoms with van der Waals surface area (Å²) in [5.41, 5.74) is 1.73. The number of hydrogen-bond acceptors (Lipinski definition) is 10. The smallest absolute Gasteiger partial charge is 0.237 e. The number of rotatable bonds is 10. The standard InChI is InChI=1S/C22H21N3O4S4/c1-3-28-13-5-7-15-17(9-13)32-21(23-15)30-11-19(26)25-20(27)12-31-22-24-16-8-6-14(29-4-2)10-18(16)33-22/h5-10H,3-4,11-12H2,1-2H3,(H,25,26,27). The second kappa shape index (κ2) is 11.2. The van der Waals surface area contributed by atoms with Crippen LogP contribution in [-0.2, 0) is 9.59 Å². The Morgan fingerprint density at radius 3 is 1.70 bits per heavy atom. The maximum atomic E-state index is 12.2. The van der Waals surface area contributed by atoms with E-state index in [4.69, 9.17) is 9.47 Å². The molecule has 7 nitrogen and oxygen atoms in total. The Bertz CT molecular complexity index is 1190. The summed E-state index contributed by atoms with van der Waals surface area (Å²) in [5.74, 6) is 1.16. The third-order valence-corrected chi connectivity index (χ3v) is 8.56. The molecular weight excluding hydrogens is 499 g/mol. The number of thioether (sulfide) groups is 2. The molecule has 0 radical (unpaired) electrons. The van der Waals surface area contributed by atoms with Crippen LogP contribution in [-0.4, -0.2) is 46.5 Å². The van der Waals surface area contributed by atoms with E-state index in [0.717, 1.165) is 40.6 Å². The minimum absolute atomic E-state index is 0.121. The van der Waals surface area contributed by atoms with Crippen LogP contribution in [0.5, 0.6) is 11.5 Å². The van der Waals surface area contributed by atoms with Crippen molar-refractivity contribution in [2.75, 3.05) is 24.7 Å². The Morgan fingerprint density at radius 1 is 0.818 bits per heavy atom. The van der Waals surface area contributed by atoms with Crippen molar-refractivity contribution < 1.29 is 19.1 Å². The third-order valence-electron chi connectivity index (χ3n) is 4.23. The van der Waals surface area contributed by atoms with Gasteiger partial charge in [0, 0.05) is 0 Å². The van der Waals surface area contributed by atoms with Gasteiger partial charge in [-0.2, -0.15) is 0 Å². The number of fused-ring (bicyclic) bond motifs is 2. The molecule has 0 spiro atoms. The summed E-state index contributed by atoms with van der Waals surface area (Å²) in [7, 11) is 0. The number of amides is 2. The highest BCUT2D eigenvalue weighted by Gasteiger charge is 2.13. The highest BCUT2D eigenvalue weighted by molar-refractivity contribution is 8.02. The van der Waals surface area contributed by atoms with Crippen LogP contribution in [0.2, 0.25) is 0 Å². The molecular formula is C22H21N3O4S4. The molecule has 2 heterocycles. The molecule has 4 aromatic rings. The summed E-state index contributed by atoms with van der Waals surface area (Å²) in [6.45, 7) is 5.08. The first-order chi connectivity index (χ1) is 16.0. The summed E-state index contributed by atoms with van der Waals surface area (Å²) in [6.07, 6.45) is 0. The zero-order chi connectivity index (χ0) is 23.2. The van der Waals surface area contributed by atoms with Crippen molar-refractivity contribution in [3.8, 4) is 11.5 Å². The molecule has 0 atom stereocenters. The van der Waals surface area contributed by atoms with Crippen LogP contribution in [0.3, 0.4) is 0 Å². The fraction of sp³-hybridized carbons (Fsp3) is 0.273. The summed E-state index contributed by atoms with van der Waals surface area (Å²) in [4.78, 5) is 33.4. The molecule has 0 aliphatic heterocycles. The Balaban J connectivity index is 1.25. The van der Waals surface area contributed by atoms with E-state index in [9.17, 15) is 9.59 Å². The molecule has 11 heteroatoms. The van der Waals surface area contributed by atoms with Crippen LogP contribution in [0.25, 0.3) is 20.4 Å². The lowest BCUT2D eigenvalue weighted by Gasteiger charge is -2.02. The maximum absolute atomic E-state index is 12.2. The van der Waals surface area contributed by atoms with Gasteiger partial charge in [-0.1, -0.05) is 23.5 Å². The molecule has 1 N–H and O–H groups in total. The lowest BCUT2D eigenvalue weighted by Crippen LogP contribution is -2.33. The van der Waals surface area contributed by atoms with Crippen LogP contribution in [0.4, 0.5) is 0 Å². The van der Waals surface area contributed by atoms with Crippen molar-refractivity contribution in [1.82, 2.24) is 15.3 Å². The number of carbonyl (C=O) groups is 2. The van der Waals surface area contributed by atoms with Crippen molar-refractivity contribution >= 4 is 78.4 Å². The molecule has 2 aromatic heterocycles. The minimum Gasteiger partial charge on any atom is -0.494 e. The van der Waals surface area contributed by atoms with Gasteiger partial charge in [0.2, 0.25) is 11.8 Å². The van der Waals surface area contributed by atoms with Crippen molar-refractivity contribution in [1.29, 1.82) is 0 Å². The predicted octanol–water partition coefficient (Wildman–Crippen LogP) is 5.23. The first kappa shape index (κ1) is 23.8. The van der Waals surface area contributed by atoms with Gasteiger partial charge in [0.25, 0.3) is 0 Å². The highest BCUT2D eigenvalue weighted by Crippen LogP contribution is 2.33. The van der Waals surface area contributed by atoms with E-state index in [1.165, 1.54) is 46.2 Å². The first-order valence-corrected chi connectivity index (χ1v) is 13.8. The zero-order valence-corrected chi connectivity index (χ0v) is 21.2. The molecule has 0 fully saturated rings. The number of hydrogen-bond donors (Lipinski definition) is 1. The number of imide groups is 1. The lowest BCUT2D eigenvalue weighted by atomic mass is 10.3. The molecule has 0 aliphatic rings. The fourth-order valence-electron chi connectivity index (χ4n) is 2.89. The molecule has 0 unspecified atom stereocenters. The van der Waals surface area contributed by atoms with Gasteiger partial charge in [-0.15, -0.1) is 22.7 Å². The number of thiazole rings is 2. The Morgan fingerprint density at radius 2 is 1.27 bits per heavy atom. The van der Waals surface area contributed by atoms with E-state index in [1.807, 2.05) is 50.2 Å². The Hall–Kier alpha value is -2.34. The van der Waals surface area contributed by atoms with Gasteiger partial charge in [0.15, 0.2) is 8.68 Å². The van der Waals surface area contributed by atoms with Crippen molar-refractivity contribution in [2.24, 2.45) is 0 Å². The first-order valence-electron chi connectivity index (χ1n) is 10.2. The summed E-state index contributed by atoms with van der Waals surface area (Å²) < 4.78 is 14.6. The monoisotopic (exact) mass is 519 g/mol. The highest BCUT2D eigenvalue weighted by atomic mass is 32.2. The van der Waals surface area contributed by atoms with E-state index in [-0.39, 0.29) is 23.3 Å². The second-order valence-electron chi connectivity index (χ2n) is 6.63. The van der Waals surface area contributed by atoms with Gasteiger partial charge in [-0.25, -0.2) is 9.97 Å². The molecule has 0 bridgehead atoms.